The Labute approximate surface area is 387 Å². The van der Waals surface area contributed by atoms with E-state index < -0.39 is 0 Å². The van der Waals surface area contributed by atoms with Crippen LogP contribution < -0.4 is 15.4 Å². The van der Waals surface area contributed by atoms with Gasteiger partial charge in [-0.3, -0.25) is 9.59 Å². The van der Waals surface area contributed by atoms with E-state index in [0.717, 1.165) is 38.5 Å². The molecule has 0 bridgehead atoms. The highest BCUT2D eigenvalue weighted by Crippen LogP contribution is 2.23. The van der Waals surface area contributed by atoms with Gasteiger partial charge in [-0.2, -0.15) is 0 Å². The molecular weight excluding hydrogens is 761 g/mol. The summed E-state index contributed by atoms with van der Waals surface area (Å²) in [5.74, 6) is 0.363. The van der Waals surface area contributed by atoms with Gasteiger partial charge in [0.1, 0.15) is 5.75 Å². The van der Waals surface area contributed by atoms with Gasteiger partial charge >= 0.3 is 0 Å². The standard InChI is InChI=1S/C57H106N2O3/c1-4-7-10-13-16-19-22-24-26-28-30-32-35-38-41-44-49-58-56(60)53-47-48-54(55(52-53)62-51-46-43-40-37-34-21-18-15-12-9-6-3)57(61)59-50-45-42-39-36-33-31-29-27-25-23-20-17-14-11-8-5-2/h47-48,52H,4-46,49-51H2,1-3H3,(H,58,60)(H,59,61). The van der Waals surface area contributed by atoms with Gasteiger partial charge in [-0.05, 0) is 37.5 Å². The third kappa shape index (κ3) is 37.3. The van der Waals surface area contributed by atoms with Crippen molar-refractivity contribution < 1.29 is 14.3 Å². The molecule has 0 aromatic heterocycles. The molecule has 62 heavy (non-hydrogen) atoms. The zero-order valence-corrected chi connectivity index (χ0v) is 42.0. The highest BCUT2D eigenvalue weighted by atomic mass is 16.5. The van der Waals surface area contributed by atoms with E-state index in [9.17, 15) is 9.59 Å². The number of rotatable bonds is 49. The second kappa shape index (κ2) is 46.9. The van der Waals surface area contributed by atoms with Gasteiger partial charge in [0.25, 0.3) is 11.8 Å². The molecule has 2 amide bonds. The lowest BCUT2D eigenvalue weighted by Gasteiger charge is -2.14. The number of hydrogen-bond acceptors (Lipinski definition) is 3. The SMILES string of the molecule is CCCCCCCCCCCCCCCCCCNC(=O)c1ccc(C(=O)NCCCCCCCCCCCCCCCCCC)c(OCCCCCCCCCCCCC)c1. The fourth-order valence-corrected chi connectivity index (χ4v) is 8.87. The van der Waals surface area contributed by atoms with Gasteiger partial charge in [0.2, 0.25) is 0 Å². The maximum Gasteiger partial charge on any atom is 0.255 e. The van der Waals surface area contributed by atoms with Crippen LogP contribution in [0.2, 0.25) is 0 Å². The van der Waals surface area contributed by atoms with Crippen molar-refractivity contribution in [3.63, 3.8) is 0 Å². The van der Waals surface area contributed by atoms with Crippen LogP contribution >= 0.6 is 0 Å². The fraction of sp³-hybridized carbons (Fsp3) is 0.860. The average Bonchev–Trinajstić information content (AvgIpc) is 3.28. The van der Waals surface area contributed by atoms with Crippen molar-refractivity contribution in [3.8, 4) is 5.75 Å². The Kier molecular flexibility index (Phi) is 43.9. The summed E-state index contributed by atoms with van der Waals surface area (Å²) in [6, 6.07) is 5.38. The molecule has 1 aromatic carbocycles. The molecule has 0 spiro atoms. The van der Waals surface area contributed by atoms with Crippen LogP contribution in [0.25, 0.3) is 0 Å². The minimum Gasteiger partial charge on any atom is -0.493 e. The van der Waals surface area contributed by atoms with Crippen LogP contribution in [0, 0.1) is 0 Å². The molecule has 5 heteroatoms. The predicted octanol–water partition coefficient (Wildman–Crippen LogP) is 18.4. The quantitative estimate of drug-likeness (QED) is 0.0641. The predicted molar refractivity (Wildman–Crippen MR) is 272 cm³/mol. The number of nitrogens with one attached hydrogen (secondary N) is 2. The van der Waals surface area contributed by atoms with Gasteiger partial charge in [0.05, 0.1) is 12.2 Å². The molecule has 0 fully saturated rings. The number of unbranched alkanes of at least 4 members (excludes halogenated alkanes) is 40. The molecule has 0 radical (unpaired) electrons. The third-order valence-corrected chi connectivity index (χ3v) is 13.1. The summed E-state index contributed by atoms with van der Waals surface area (Å²) in [5, 5.41) is 6.28. The van der Waals surface area contributed by atoms with Crippen LogP contribution in [-0.4, -0.2) is 31.5 Å². The maximum absolute atomic E-state index is 13.4. The second-order valence-corrected chi connectivity index (χ2v) is 19.2. The number of ether oxygens (including phenoxy) is 1. The van der Waals surface area contributed by atoms with Gasteiger partial charge in [-0.1, -0.05) is 278 Å². The minimum absolute atomic E-state index is 0.0781. The van der Waals surface area contributed by atoms with Crippen molar-refractivity contribution in [2.45, 2.75) is 297 Å². The van der Waals surface area contributed by atoms with E-state index in [2.05, 4.69) is 31.4 Å². The number of hydrogen-bond donors (Lipinski definition) is 2. The number of benzene rings is 1. The maximum atomic E-state index is 13.4. The van der Waals surface area contributed by atoms with Crippen molar-refractivity contribution >= 4 is 11.8 Å². The Morgan fingerprint density at radius 1 is 0.355 bits per heavy atom. The summed E-state index contributed by atoms with van der Waals surface area (Å²) in [6.45, 7) is 8.79. The highest BCUT2D eigenvalue weighted by Gasteiger charge is 2.16. The first kappa shape index (κ1) is 58.0. The smallest absolute Gasteiger partial charge is 0.255 e. The normalized spacial score (nSPS) is 11.3. The molecule has 0 heterocycles. The molecule has 0 saturated heterocycles. The molecule has 0 aliphatic rings. The molecule has 0 aliphatic heterocycles. The van der Waals surface area contributed by atoms with E-state index in [1.165, 1.54) is 238 Å². The minimum atomic E-state index is -0.0972. The lowest BCUT2D eigenvalue weighted by Crippen LogP contribution is -2.26. The Morgan fingerprint density at radius 2 is 0.629 bits per heavy atom. The van der Waals surface area contributed by atoms with Crippen LogP contribution in [0.4, 0.5) is 0 Å². The first-order valence-electron chi connectivity index (χ1n) is 28.0. The molecule has 0 atom stereocenters. The van der Waals surface area contributed by atoms with E-state index in [-0.39, 0.29) is 11.8 Å². The largest absolute Gasteiger partial charge is 0.493 e. The van der Waals surface area contributed by atoms with Crippen molar-refractivity contribution in [2.75, 3.05) is 19.7 Å². The van der Waals surface area contributed by atoms with Crippen molar-refractivity contribution in [2.24, 2.45) is 0 Å². The lowest BCUT2D eigenvalue weighted by molar-refractivity contribution is 0.0937. The van der Waals surface area contributed by atoms with Gasteiger partial charge in [-0.25, -0.2) is 0 Å². The van der Waals surface area contributed by atoms with Crippen molar-refractivity contribution in [1.29, 1.82) is 0 Å². The van der Waals surface area contributed by atoms with Gasteiger partial charge in [0, 0.05) is 18.7 Å². The van der Waals surface area contributed by atoms with E-state index in [0.29, 0.717) is 36.6 Å². The van der Waals surface area contributed by atoms with Gasteiger partial charge in [0.15, 0.2) is 0 Å². The molecule has 362 valence electrons. The summed E-state index contributed by atoms with van der Waals surface area (Å²) in [4.78, 5) is 26.6. The number of amides is 2. The molecule has 0 aliphatic carbocycles. The number of carbonyl (C=O) groups is 2. The Bertz CT molecular complexity index is 1110. The number of carbonyl (C=O) groups excluding carboxylic acids is 2. The summed E-state index contributed by atoms with van der Waals surface area (Å²) < 4.78 is 6.27. The summed E-state index contributed by atoms with van der Waals surface area (Å²) in [5.41, 5.74) is 1.11. The first-order chi connectivity index (χ1) is 30.6. The van der Waals surface area contributed by atoms with E-state index in [1.54, 1.807) is 18.2 Å². The van der Waals surface area contributed by atoms with Crippen molar-refractivity contribution in [1.82, 2.24) is 10.6 Å². The van der Waals surface area contributed by atoms with E-state index >= 15 is 0 Å². The van der Waals surface area contributed by atoms with Crippen LogP contribution in [0.3, 0.4) is 0 Å². The van der Waals surface area contributed by atoms with Crippen LogP contribution in [-0.2, 0) is 0 Å². The van der Waals surface area contributed by atoms with Crippen LogP contribution in [0.5, 0.6) is 5.75 Å². The molecular formula is C57H106N2O3. The topological polar surface area (TPSA) is 67.4 Å². The Morgan fingerprint density at radius 3 is 0.952 bits per heavy atom. The fourth-order valence-electron chi connectivity index (χ4n) is 8.87. The third-order valence-electron chi connectivity index (χ3n) is 13.1. The lowest BCUT2D eigenvalue weighted by atomic mass is 10.0. The molecule has 1 aromatic rings. The van der Waals surface area contributed by atoms with E-state index in [4.69, 9.17) is 4.74 Å². The molecule has 0 unspecified atom stereocenters. The second-order valence-electron chi connectivity index (χ2n) is 19.2. The average molecular weight is 867 g/mol. The van der Waals surface area contributed by atoms with E-state index in [1.807, 2.05) is 0 Å². The molecule has 5 nitrogen and oxygen atoms in total. The van der Waals surface area contributed by atoms with Crippen LogP contribution in [0.1, 0.15) is 318 Å². The zero-order valence-electron chi connectivity index (χ0n) is 42.0. The molecule has 1 rings (SSSR count). The molecule has 2 N–H and O–H groups in total. The summed E-state index contributed by atoms with van der Waals surface area (Å²) in [7, 11) is 0. The van der Waals surface area contributed by atoms with Crippen molar-refractivity contribution in [3.05, 3.63) is 29.3 Å². The van der Waals surface area contributed by atoms with Crippen LogP contribution in [0.15, 0.2) is 18.2 Å². The first-order valence-corrected chi connectivity index (χ1v) is 28.0. The van der Waals surface area contributed by atoms with Gasteiger partial charge in [-0.15, -0.1) is 0 Å². The zero-order chi connectivity index (χ0) is 44.7. The van der Waals surface area contributed by atoms with Gasteiger partial charge < -0.3 is 15.4 Å². The summed E-state index contributed by atoms with van der Waals surface area (Å²) >= 11 is 0. The molecule has 0 saturated carbocycles. The Balaban J connectivity index is 2.36. The highest BCUT2D eigenvalue weighted by molar-refractivity contribution is 6.00. The summed E-state index contributed by atoms with van der Waals surface area (Å²) in [6.07, 6.45) is 57.1. The monoisotopic (exact) mass is 867 g/mol. The Hall–Kier alpha value is -2.04.